The summed E-state index contributed by atoms with van der Waals surface area (Å²) in [6, 6.07) is 0.106. The van der Waals surface area contributed by atoms with Gasteiger partial charge in [0.05, 0.1) is 0 Å². The molecule has 2 aliphatic rings. The Kier molecular flexibility index (Phi) is 5.53. The van der Waals surface area contributed by atoms with E-state index >= 15 is 0 Å². The van der Waals surface area contributed by atoms with E-state index in [1.807, 2.05) is 20.8 Å². The van der Waals surface area contributed by atoms with Gasteiger partial charge in [0.1, 0.15) is 5.60 Å². The van der Waals surface area contributed by atoms with Gasteiger partial charge in [-0.25, -0.2) is 4.79 Å². The average Bonchev–Trinajstić information content (AvgIpc) is 2.65. The Labute approximate surface area is 129 Å². The third kappa shape index (κ3) is 4.87. The van der Waals surface area contributed by atoms with E-state index in [9.17, 15) is 4.79 Å². The lowest BCUT2D eigenvalue weighted by Crippen LogP contribution is -2.53. The summed E-state index contributed by atoms with van der Waals surface area (Å²) in [6.45, 7) is 7.16. The van der Waals surface area contributed by atoms with Crippen molar-refractivity contribution in [2.45, 2.75) is 77.4 Å². The Morgan fingerprint density at radius 2 is 1.71 bits per heavy atom. The SMILES string of the molecule is CC(C)(C)OC(=O)N1CCC(C2CCCCCC2)C(N)C1. The second-order valence-electron chi connectivity index (χ2n) is 7.79. The zero-order chi connectivity index (χ0) is 15.5. The van der Waals surface area contributed by atoms with Crippen molar-refractivity contribution >= 4 is 6.09 Å². The van der Waals surface area contributed by atoms with E-state index in [2.05, 4.69) is 0 Å². The number of carbonyl (C=O) groups excluding carboxylic acids is 1. The molecule has 21 heavy (non-hydrogen) atoms. The van der Waals surface area contributed by atoms with Crippen LogP contribution >= 0.6 is 0 Å². The quantitative estimate of drug-likeness (QED) is 0.753. The summed E-state index contributed by atoms with van der Waals surface area (Å²) in [5.41, 5.74) is 5.97. The van der Waals surface area contributed by atoms with Crippen LogP contribution in [-0.2, 0) is 4.74 Å². The third-order valence-electron chi connectivity index (χ3n) is 4.87. The Morgan fingerprint density at radius 3 is 2.24 bits per heavy atom. The van der Waals surface area contributed by atoms with Gasteiger partial charge in [-0.2, -0.15) is 0 Å². The molecule has 0 bridgehead atoms. The van der Waals surface area contributed by atoms with Crippen LogP contribution in [0.2, 0.25) is 0 Å². The van der Waals surface area contributed by atoms with Crippen LogP contribution in [0.1, 0.15) is 65.7 Å². The molecule has 1 saturated carbocycles. The van der Waals surface area contributed by atoms with Gasteiger partial charge in [-0.15, -0.1) is 0 Å². The van der Waals surface area contributed by atoms with Gasteiger partial charge in [-0.1, -0.05) is 38.5 Å². The van der Waals surface area contributed by atoms with Crippen LogP contribution in [0, 0.1) is 11.8 Å². The maximum absolute atomic E-state index is 12.1. The molecule has 2 atom stereocenters. The maximum atomic E-state index is 12.1. The molecule has 0 aromatic carbocycles. The molecule has 2 unspecified atom stereocenters. The van der Waals surface area contributed by atoms with E-state index in [1.54, 1.807) is 4.90 Å². The van der Waals surface area contributed by atoms with Gasteiger partial charge >= 0.3 is 6.09 Å². The first-order valence-electron chi connectivity index (χ1n) is 8.60. The number of piperidine rings is 1. The zero-order valence-corrected chi connectivity index (χ0v) is 13.9. The Bertz CT molecular complexity index is 343. The minimum absolute atomic E-state index is 0.106. The van der Waals surface area contributed by atoms with Gasteiger partial charge in [0.15, 0.2) is 0 Å². The minimum Gasteiger partial charge on any atom is -0.444 e. The second kappa shape index (κ2) is 6.99. The molecule has 1 saturated heterocycles. The summed E-state index contributed by atoms with van der Waals surface area (Å²) >= 11 is 0. The number of nitrogens with two attached hydrogens (primary N) is 1. The molecule has 0 aromatic heterocycles. The van der Waals surface area contributed by atoms with Crippen molar-refractivity contribution in [1.82, 2.24) is 4.90 Å². The van der Waals surface area contributed by atoms with E-state index in [0.717, 1.165) is 18.9 Å². The third-order valence-corrected chi connectivity index (χ3v) is 4.87. The molecular formula is C17H32N2O2. The number of carbonyl (C=O) groups is 1. The van der Waals surface area contributed by atoms with Gasteiger partial charge in [0.2, 0.25) is 0 Å². The highest BCUT2D eigenvalue weighted by atomic mass is 16.6. The molecule has 0 radical (unpaired) electrons. The number of nitrogens with zero attached hydrogens (tertiary/aromatic N) is 1. The molecule has 1 amide bonds. The Hall–Kier alpha value is -0.770. The van der Waals surface area contributed by atoms with Gasteiger partial charge in [0.25, 0.3) is 0 Å². The first-order valence-corrected chi connectivity index (χ1v) is 8.60. The number of hydrogen-bond donors (Lipinski definition) is 1. The fourth-order valence-corrected chi connectivity index (χ4v) is 3.82. The lowest BCUT2D eigenvalue weighted by molar-refractivity contribution is 0.0122. The zero-order valence-electron chi connectivity index (χ0n) is 13.9. The smallest absolute Gasteiger partial charge is 0.410 e. The normalized spacial score (nSPS) is 29.0. The van der Waals surface area contributed by atoms with Crippen LogP contribution in [-0.4, -0.2) is 35.7 Å². The van der Waals surface area contributed by atoms with Crippen molar-refractivity contribution in [3.63, 3.8) is 0 Å². The lowest BCUT2D eigenvalue weighted by Gasteiger charge is -2.40. The standard InChI is InChI=1S/C17H32N2O2/c1-17(2,3)21-16(20)19-11-10-14(15(18)12-19)13-8-6-4-5-7-9-13/h13-15H,4-12,18H2,1-3H3. The van der Waals surface area contributed by atoms with Crippen LogP contribution in [0.4, 0.5) is 4.79 Å². The molecule has 4 heteroatoms. The first-order chi connectivity index (χ1) is 9.87. The molecular weight excluding hydrogens is 264 g/mol. The van der Waals surface area contributed by atoms with Crippen LogP contribution in [0.15, 0.2) is 0 Å². The number of hydrogen-bond acceptors (Lipinski definition) is 3. The monoisotopic (exact) mass is 296 g/mol. The van der Waals surface area contributed by atoms with Crippen molar-refractivity contribution in [2.75, 3.05) is 13.1 Å². The summed E-state index contributed by atoms with van der Waals surface area (Å²) in [7, 11) is 0. The molecule has 1 aliphatic carbocycles. The molecule has 1 aliphatic heterocycles. The van der Waals surface area contributed by atoms with Crippen molar-refractivity contribution < 1.29 is 9.53 Å². The number of rotatable bonds is 1. The van der Waals surface area contributed by atoms with Crippen molar-refractivity contribution in [3.8, 4) is 0 Å². The molecule has 0 aromatic rings. The highest BCUT2D eigenvalue weighted by Gasteiger charge is 2.35. The highest BCUT2D eigenvalue weighted by Crippen LogP contribution is 2.34. The van der Waals surface area contributed by atoms with Gasteiger partial charge in [0, 0.05) is 19.1 Å². The average molecular weight is 296 g/mol. The summed E-state index contributed by atoms with van der Waals surface area (Å²) in [6.07, 6.45) is 8.93. The molecule has 2 rings (SSSR count). The van der Waals surface area contributed by atoms with E-state index in [0.29, 0.717) is 12.5 Å². The van der Waals surface area contributed by atoms with E-state index in [1.165, 1.54) is 38.5 Å². The molecule has 1 heterocycles. The van der Waals surface area contributed by atoms with Crippen LogP contribution in [0.3, 0.4) is 0 Å². The van der Waals surface area contributed by atoms with E-state index in [4.69, 9.17) is 10.5 Å². The fourth-order valence-electron chi connectivity index (χ4n) is 3.82. The summed E-state index contributed by atoms with van der Waals surface area (Å²) < 4.78 is 5.46. The lowest BCUT2D eigenvalue weighted by atomic mass is 9.77. The predicted molar refractivity (Wildman–Crippen MR) is 85.1 cm³/mol. The molecule has 0 spiro atoms. The molecule has 122 valence electrons. The Morgan fingerprint density at radius 1 is 1.10 bits per heavy atom. The molecule has 2 fully saturated rings. The summed E-state index contributed by atoms with van der Waals surface area (Å²) in [5, 5.41) is 0. The molecule has 4 nitrogen and oxygen atoms in total. The number of ether oxygens (including phenoxy) is 1. The van der Waals surface area contributed by atoms with Gasteiger partial charge < -0.3 is 15.4 Å². The van der Waals surface area contributed by atoms with Gasteiger partial charge in [-0.05, 0) is 39.0 Å². The predicted octanol–water partition coefficient (Wildman–Crippen LogP) is 3.54. The van der Waals surface area contributed by atoms with Crippen LogP contribution < -0.4 is 5.73 Å². The Balaban J connectivity index is 1.88. The summed E-state index contributed by atoms with van der Waals surface area (Å²) in [5.74, 6) is 1.35. The highest BCUT2D eigenvalue weighted by molar-refractivity contribution is 5.68. The largest absolute Gasteiger partial charge is 0.444 e. The van der Waals surface area contributed by atoms with Crippen molar-refractivity contribution in [3.05, 3.63) is 0 Å². The van der Waals surface area contributed by atoms with Crippen LogP contribution in [0.25, 0.3) is 0 Å². The van der Waals surface area contributed by atoms with E-state index < -0.39 is 5.60 Å². The van der Waals surface area contributed by atoms with Crippen molar-refractivity contribution in [2.24, 2.45) is 17.6 Å². The second-order valence-corrected chi connectivity index (χ2v) is 7.79. The number of amides is 1. The van der Waals surface area contributed by atoms with Crippen LogP contribution in [0.5, 0.6) is 0 Å². The molecule has 2 N–H and O–H groups in total. The van der Waals surface area contributed by atoms with E-state index in [-0.39, 0.29) is 12.1 Å². The maximum Gasteiger partial charge on any atom is 0.410 e. The fraction of sp³-hybridized carbons (Fsp3) is 0.941. The van der Waals surface area contributed by atoms with Crippen molar-refractivity contribution in [1.29, 1.82) is 0 Å². The summed E-state index contributed by atoms with van der Waals surface area (Å²) in [4.78, 5) is 13.9. The minimum atomic E-state index is -0.431. The number of likely N-dealkylation sites (tertiary alicyclic amines) is 1. The van der Waals surface area contributed by atoms with Gasteiger partial charge in [-0.3, -0.25) is 0 Å². The first kappa shape index (κ1) is 16.6. The topological polar surface area (TPSA) is 55.6 Å².